The Morgan fingerprint density at radius 1 is 1.20 bits per heavy atom. The Morgan fingerprint density at radius 2 is 1.92 bits per heavy atom. The zero-order valence-corrected chi connectivity index (χ0v) is 14.7. The maximum Gasteiger partial charge on any atom is 0.255 e. The van der Waals surface area contributed by atoms with Crippen molar-refractivity contribution in [2.45, 2.75) is 25.7 Å². The van der Waals surface area contributed by atoms with Gasteiger partial charge in [-0.25, -0.2) is 9.37 Å². The van der Waals surface area contributed by atoms with Crippen LogP contribution in [0.15, 0.2) is 36.5 Å². The summed E-state index contributed by atoms with van der Waals surface area (Å²) in [5.41, 5.74) is 1.55. The standard InChI is InChI=1S/C19H21ClFN3O/c20-17-12-15(19(25)24-10-2-1-3-11-24)13-23-18(17)22-9-8-14-4-6-16(21)7-5-14/h4-7,12-13H,1-3,8-11H2,(H,22,23). The highest BCUT2D eigenvalue weighted by Gasteiger charge is 2.19. The molecular formula is C19H21ClFN3O. The summed E-state index contributed by atoms with van der Waals surface area (Å²) in [6.07, 6.45) is 5.58. The van der Waals surface area contributed by atoms with E-state index < -0.39 is 0 Å². The lowest BCUT2D eigenvalue weighted by molar-refractivity contribution is 0.0724. The zero-order chi connectivity index (χ0) is 17.6. The van der Waals surface area contributed by atoms with Crippen molar-refractivity contribution in [2.24, 2.45) is 0 Å². The number of hydrogen-bond acceptors (Lipinski definition) is 3. The van der Waals surface area contributed by atoms with Gasteiger partial charge in [-0.1, -0.05) is 23.7 Å². The van der Waals surface area contributed by atoms with Crippen LogP contribution in [-0.4, -0.2) is 35.4 Å². The minimum Gasteiger partial charge on any atom is -0.369 e. The highest BCUT2D eigenvalue weighted by Crippen LogP contribution is 2.22. The van der Waals surface area contributed by atoms with Gasteiger partial charge in [0.15, 0.2) is 0 Å². The summed E-state index contributed by atoms with van der Waals surface area (Å²) in [4.78, 5) is 18.6. The molecule has 1 aliphatic heterocycles. The number of halogens is 2. The van der Waals surface area contributed by atoms with Crippen LogP contribution in [0.4, 0.5) is 10.2 Å². The quantitative estimate of drug-likeness (QED) is 0.869. The number of carbonyl (C=O) groups is 1. The molecule has 25 heavy (non-hydrogen) atoms. The zero-order valence-electron chi connectivity index (χ0n) is 14.0. The number of amides is 1. The number of hydrogen-bond donors (Lipinski definition) is 1. The van der Waals surface area contributed by atoms with Crippen LogP contribution in [0.5, 0.6) is 0 Å². The normalized spacial score (nSPS) is 14.4. The van der Waals surface area contributed by atoms with E-state index in [0.29, 0.717) is 22.9 Å². The molecule has 0 spiro atoms. The first-order valence-corrected chi connectivity index (χ1v) is 8.94. The molecule has 2 heterocycles. The predicted molar refractivity (Wildman–Crippen MR) is 97.6 cm³/mol. The van der Waals surface area contributed by atoms with Crippen molar-refractivity contribution in [3.05, 3.63) is 58.5 Å². The van der Waals surface area contributed by atoms with E-state index in [9.17, 15) is 9.18 Å². The van der Waals surface area contributed by atoms with Crippen LogP contribution in [-0.2, 0) is 6.42 Å². The third kappa shape index (κ3) is 4.69. The summed E-state index contributed by atoms with van der Waals surface area (Å²) >= 11 is 6.27. The second-order valence-corrected chi connectivity index (χ2v) is 6.62. The van der Waals surface area contributed by atoms with Crippen LogP contribution in [0.1, 0.15) is 35.2 Å². The highest BCUT2D eigenvalue weighted by atomic mass is 35.5. The van der Waals surface area contributed by atoms with Crippen molar-refractivity contribution in [2.75, 3.05) is 25.0 Å². The first kappa shape index (κ1) is 17.7. The Bertz CT molecular complexity index is 730. The third-order valence-electron chi connectivity index (χ3n) is 4.35. The monoisotopic (exact) mass is 361 g/mol. The molecular weight excluding hydrogens is 341 g/mol. The number of aromatic nitrogens is 1. The number of pyridine rings is 1. The van der Waals surface area contributed by atoms with Crippen molar-refractivity contribution in [1.82, 2.24) is 9.88 Å². The summed E-state index contributed by atoms with van der Waals surface area (Å²) in [7, 11) is 0. The van der Waals surface area contributed by atoms with Gasteiger partial charge in [0.1, 0.15) is 11.6 Å². The Hall–Kier alpha value is -2.14. The molecule has 1 fully saturated rings. The van der Waals surface area contributed by atoms with E-state index in [0.717, 1.165) is 37.9 Å². The lowest BCUT2D eigenvalue weighted by Crippen LogP contribution is -2.35. The Morgan fingerprint density at radius 3 is 2.60 bits per heavy atom. The molecule has 0 aliphatic carbocycles. The number of anilines is 1. The number of nitrogens with zero attached hydrogens (tertiary/aromatic N) is 2. The fourth-order valence-corrected chi connectivity index (χ4v) is 3.17. The van der Waals surface area contributed by atoms with Gasteiger partial charge in [0.05, 0.1) is 10.6 Å². The summed E-state index contributed by atoms with van der Waals surface area (Å²) < 4.78 is 12.9. The molecule has 0 radical (unpaired) electrons. The molecule has 1 aromatic carbocycles. The second kappa shape index (κ2) is 8.30. The molecule has 1 amide bonds. The van der Waals surface area contributed by atoms with Gasteiger partial charge in [-0.15, -0.1) is 0 Å². The number of piperidine rings is 1. The van der Waals surface area contributed by atoms with Crippen molar-refractivity contribution < 1.29 is 9.18 Å². The van der Waals surface area contributed by atoms with E-state index in [1.165, 1.54) is 18.6 Å². The lowest BCUT2D eigenvalue weighted by atomic mass is 10.1. The molecule has 1 aromatic heterocycles. The fourth-order valence-electron chi connectivity index (χ4n) is 2.94. The molecule has 0 unspecified atom stereocenters. The van der Waals surface area contributed by atoms with Crippen LogP contribution in [0, 0.1) is 5.82 Å². The largest absolute Gasteiger partial charge is 0.369 e. The smallest absolute Gasteiger partial charge is 0.255 e. The van der Waals surface area contributed by atoms with Crippen LogP contribution >= 0.6 is 11.6 Å². The predicted octanol–water partition coefficient (Wildman–Crippen LogP) is 4.15. The van der Waals surface area contributed by atoms with Crippen molar-refractivity contribution >= 4 is 23.3 Å². The number of nitrogens with one attached hydrogen (secondary N) is 1. The number of rotatable bonds is 5. The Balaban J connectivity index is 1.57. The number of benzene rings is 1. The van der Waals surface area contributed by atoms with E-state index in [1.54, 1.807) is 24.4 Å². The molecule has 1 aliphatic rings. The molecule has 0 saturated carbocycles. The molecule has 3 rings (SSSR count). The van der Waals surface area contributed by atoms with Gasteiger partial charge in [-0.3, -0.25) is 4.79 Å². The van der Waals surface area contributed by atoms with Gasteiger partial charge in [0, 0.05) is 25.8 Å². The Kier molecular flexibility index (Phi) is 5.87. The van der Waals surface area contributed by atoms with Gasteiger partial charge in [0.25, 0.3) is 5.91 Å². The molecule has 4 nitrogen and oxygen atoms in total. The summed E-state index contributed by atoms with van der Waals surface area (Å²) in [5, 5.41) is 3.59. The van der Waals surface area contributed by atoms with Crippen molar-refractivity contribution in [3.8, 4) is 0 Å². The first-order valence-electron chi connectivity index (χ1n) is 8.56. The van der Waals surface area contributed by atoms with Gasteiger partial charge >= 0.3 is 0 Å². The molecule has 0 bridgehead atoms. The lowest BCUT2D eigenvalue weighted by Gasteiger charge is -2.26. The second-order valence-electron chi connectivity index (χ2n) is 6.21. The van der Waals surface area contributed by atoms with Crippen LogP contribution in [0.25, 0.3) is 0 Å². The maximum absolute atomic E-state index is 12.9. The molecule has 6 heteroatoms. The van der Waals surface area contributed by atoms with Crippen LogP contribution < -0.4 is 5.32 Å². The molecule has 1 saturated heterocycles. The van der Waals surface area contributed by atoms with E-state index in [4.69, 9.17) is 11.6 Å². The van der Waals surface area contributed by atoms with E-state index in [-0.39, 0.29) is 11.7 Å². The van der Waals surface area contributed by atoms with Gasteiger partial charge in [-0.05, 0) is 49.4 Å². The minimum atomic E-state index is -0.240. The van der Waals surface area contributed by atoms with Crippen molar-refractivity contribution in [1.29, 1.82) is 0 Å². The molecule has 0 atom stereocenters. The van der Waals surface area contributed by atoms with Crippen molar-refractivity contribution in [3.63, 3.8) is 0 Å². The van der Waals surface area contributed by atoms with Gasteiger partial charge in [0.2, 0.25) is 0 Å². The Labute approximate surface area is 152 Å². The van der Waals surface area contributed by atoms with Crippen LogP contribution in [0.3, 0.4) is 0 Å². The van der Waals surface area contributed by atoms with Gasteiger partial charge in [-0.2, -0.15) is 0 Å². The average Bonchev–Trinajstić information content (AvgIpc) is 2.65. The summed E-state index contributed by atoms with van der Waals surface area (Å²) in [6, 6.07) is 8.08. The molecule has 1 N–H and O–H groups in total. The first-order chi connectivity index (χ1) is 12.1. The van der Waals surface area contributed by atoms with Crippen LogP contribution in [0.2, 0.25) is 5.02 Å². The van der Waals surface area contributed by atoms with Gasteiger partial charge < -0.3 is 10.2 Å². The van der Waals surface area contributed by atoms with E-state index in [1.807, 2.05) is 4.90 Å². The maximum atomic E-state index is 12.9. The highest BCUT2D eigenvalue weighted by molar-refractivity contribution is 6.33. The molecule has 132 valence electrons. The number of carbonyl (C=O) groups excluding carboxylic acids is 1. The van der Waals surface area contributed by atoms with E-state index >= 15 is 0 Å². The SMILES string of the molecule is O=C(c1cnc(NCCc2ccc(F)cc2)c(Cl)c1)N1CCCCC1. The average molecular weight is 362 g/mol. The van der Waals surface area contributed by atoms with E-state index in [2.05, 4.69) is 10.3 Å². The summed E-state index contributed by atoms with van der Waals surface area (Å²) in [5.74, 6) is 0.307. The summed E-state index contributed by atoms with van der Waals surface area (Å²) in [6.45, 7) is 2.22. The number of likely N-dealkylation sites (tertiary alicyclic amines) is 1. The minimum absolute atomic E-state index is 0.00744. The topological polar surface area (TPSA) is 45.2 Å². The third-order valence-corrected chi connectivity index (χ3v) is 4.64. The molecule has 2 aromatic rings. The fraction of sp³-hybridized carbons (Fsp3) is 0.368.